The molecule has 0 bridgehead atoms. The highest BCUT2D eigenvalue weighted by atomic mass is 32.2. The number of nitrogens with zero attached hydrogens (tertiary/aromatic N) is 5. The third-order valence-electron chi connectivity index (χ3n) is 6.87. The first-order chi connectivity index (χ1) is 20.4. The largest absolute Gasteiger partial charge is 0.417 e. The van der Waals surface area contributed by atoms with Gasteiger partial charge in [-0.3, -0.25) is 14.3 Å². The van der Waals surface area contributed by atoms with Gasteiger partial charge in [-0.15, -0.1) is 0 Å². The maximum Gasteiger partial charge on any atom is 0.417 e. The Labute approximate surface area is 249 Å². The molecule has 0 aliphatic carbocycles. The number of alkyl halides is 3. The molecule has 2 aromatic carbocycles. The van der Waals surface area contributed by atoms with E-state index in [0.717, 1.165) is 34.5 Å². The summed E-state index contributed by atoms with van der Waals surface area (Å²) in [5.74, 6) is 0.264. The third-order valence-corrected chi connectivity index (χ3v) is 7.79. The molecule has 3 heterocycles. The Kier molecular flexibility index (Phi) is 8.38. The summed E-state index contributed by atoms with van der Waals surface area (Å²) in [6.07, 6.45) is -0.846. The van der Waals surface area contributed by atoms with Crippen LogP contribution in [0.4, 0.5) is 29.3 Å². The van der Waals surface area contributed by atoms with Crippen LogP contribution in [0, 0.1) is 13.8 Å². The maximum atomic E-state index is 13.0. The maximum absolute atomic E-state index is 13.0. The second kappa shape index (κ2) is 12.0. The molecule has 1 fully saturated rings. The first-order valence-electron chi connectivity index (χ1n) is 13.1. The van der Waals surface area contributed by atoms with Crippen LogP contribution in [0.5, 0.6) is 0 Å². The standard InChI is InChI=1S/C30H27F3N6O3S/c1-17-5-8-22(19(3)42-4)25(11-17)39-27(40)15-43-29(39)37-28(41)36-23-9-6-20(12-18(23)2)24-14-38(16-35-24)26-10-7-21(13-34-26)30(31,32)33/h5-14,16,19H,15H2,1-4H3,(H,36,41)/b37-29-. The van der Waals surface area contributed by atoms with Crippen molar-refractivity contribution in [2.45, 2.75) is 33.1 Å². The molecule has 2 aromatic heterocycles. The van der Waals surface area contributed by atoms with Gasteiger partial charge in [-0.1, -0.05) is 30.0 Å². The summed E-state index contributed by atoms with van der Waals surface area (Å²) in [7, 11) is 1.59. The number of aromatic nitrogens is 3. The van der Waals surface area contributed by atoms with E-state index in [2.05, 4.69) is 20.3 Å². The van der Waals surface area contributed by atoms with Gasteiger partial charge in [0, 0.05) is 36.3 Å². The van der Waals surface area contributed by atoms with Crippen molar-refractivity contribution in [2.24, 2.45) is 4.99 Å². The van der Waals surface area contributed by atoms with Crippen molar-refractivity contribution in [3.8, 4) is 17.1 Å². The number of pyridine rings is 1. The van der Waals surface area contributed by atoms with Gasteiger partial charge in [0.15, 0.2) is 5.17 Å². The van der Waals surface area contributed by atoms with E-state index in [-0.39, 0.29) is 22.9 Å². The first kappa shape index (κ1) is 30.0. The van der Waals surface area contributed by atoms with Gasteiger partial charge in [0.25, 0.3) is 0 Å². The van der Waals surface area contributed by atoms with E-state index in [1.807, 2.05) is 45.0 Å². The second-order valence-corrected chi connectivity index (χ2v) is 10.8. The van der Waals surface area contributed by atoms with Crippen LogP contribution in [0.2, 0.25) is 0 Å². The number of imidazole rings is 1. The monoisotopic (exact) mass is 608 g/mol. The normalized spacial score (nSPS) is 15.3. The lowest BCUT2D eigenvalue weighted by Crippen LogP contribution is -2.31. The van der Waals surface area contributed by atoms with E-state index < -0.39 is 17.8 Å². The number of ether oxygens (including phenoxy) is 1. The number of amides is 3. The van der Waals surface area contributed by atoms with Gasteiger partial charge >= 0.3 is 12.2 Å². The molecule has 1 N–H and O–H groups in total. The minimum Gasteiger partial charge on any atom is -0.377 e. The zero-order valence-corrected chi connectivity index (χ0v) is 24.5. The zero-order valence-electron chi connectivity index (χ0n) is 23.6. The summed E-state index contributed by atoms with van der Waals surface area (Å²) in [6.45, 7) is 5.62. The minimum absolute atomic E-state index is 0.156. The number of halogens is 3. The van der Waals surface area contributed by atoms with Gasteiger partial charge in [-0.2, -0.15) is 18.2 Å². The number of carbonyl (C=O) groups excluding carboxylic acids is 2. The van der Waals surface area contributed by atoms with Crippen molar-refractivity contribution >= 4 is 40.2 Å². The number of nitrogens with one attached hydrogen (secondary N) is 1. The summed E-state index contributed by atoms with van der Waals surface area (Å²) >= 11 is 1.19. The second-order valence-electron chi connectivity index (χ2n) is 9.88. The highest BCUT2D eigenvalue weighted by molar-refractivity contribution is 8.15. The number of thioether (sulfide) groups is 1. The topological polar surface area (TPSA) is 102 Å². The molecule has 1 saturated heterocycles. The molecular weight excluding hydrogens is 581 g/mol. The number of aryl methyl sites for hydroxylation is 2. The number of hydrogen-bond acceptors (Lipinski definition) is 6. The minimum atomic E-state index is -4.47. The molecule has 3 amide bonds. The molecule has 0 saturated carbocycles. The van der Waals surface area contributed by atoms with Crippen LogP contribution in [-0.2, 0) is 15.7 Å². The summed E-state index contributed by atoms with van der Waals surface area (Å²) in [5, 5.41) is 3.05. The SMILES string of the molecule is COC(C)c1ccc(C)cc1N1C(=O)CS/C1=N\C(=O)Nc1ccc(-c2cn(-c3ccc(C(F)(F)F)cn3)cn2)cc1C. The van der Waals surface area contributed by atoms with Crippen LogP contribution < -0.4 is 10.2 Å². The molecule has 5 rings (SSSR count). The number of aliphatic imine (C=N–C) groups is 1. The van der Waals surface area contributed by atoms with E-state index >= 15 is 0 Å². The van der Waals surface area contributed by atoms with Gasteiger partial charge < -0.3 is 10.1 Å². The highest BCUT2D eigenvalue weighted by Crippen LogP contribution is 2.35. The Hall–Kier alpha value is -4.49. The van der Waals surface area contributed by atoms with Crippen molar-refractivity contribution in [2.75, 3.05) is 23.1 Å². The Morgan fingerprint density at radius 3 is 2.58 bits per heavy atom. The van der Waals surface area contributed by atoms with Crippen molar-refractivity contribution in [3.63, 3.8) is 0 Å². The molecule has 1 aliphatic rings. The summed E-state index contributed by atoms with van der Waals surface area (Å²) in [4.78, 5) is 39.8. The number of urea groups is 1. The molecule has 1 atom stereocenters. The molecule has 13 heteroatoms. The van der Waals surface area contributed by atoms with Crippen LogP contribution >= 0.6 is 11.8 Å². The van der Waals surface area contributed by atoms with Crippen molar-refractivity contribution in [1.82, 2.24) is 14.5 Å². The Bertz CT molecular complexity index is 1720. The van der Waals surface area contributed by atoms with E-state index in [0.29, 0.717) is 22.9 Å². The predicted molar refractivity (Wildman–Crippen MR) is 160 cm³/mol. The molecule has 0 spiro atoms. The first-order valence-corrected chi connectivity index (χ1v) is 14.1. The van der Waals surface area contributed by atoms with Gasteiger partial charge in [-0.05, 0) is 62.2 Å². The Morgan fingerprint density at radius 1 is 1.12 bits per heavy atom. The van der Waals surface area contributed by atoms with Crippen LogP contribution in [0.3, 0.4) is 0 Å². The number of anilines is 2. The molecule has 4 aromatic rings. The smallest absolute Gasteiger partial charge is 0.377 e. The van der Waals surface area contributed by atoms with Crippen LogP contribution in [0.25, 0.3) is 17.1 Å². The molecule has 9 nitrogen and oxygen atoms in total. The van der Waals surface area contributed by atoms with Crippen LogP contribution in [-0.4, -0.2) is 44.5 Å². The fraction of sp³-hybridized carbons (Fsp3) is 0.233. The summed E-state index contributed by atoms with van der Waals surface area (Å²) in [6, 6.07) is 12.6. The van der Waals surface area contributed by atoms with Gasteiger partial charge in [0.1, 0.15) is 12.1 Å². The average Bonchev–Trinajstić information content (AvgIpc) is 3.60. The van der Waals surface area contributed by atoms with E-state index in [9.17, 15) is 22.8 Å². The summed E-state index contributed by atoms with van der Waals surface area (Å²) in [5.41, 5.74) is 4.10. The molecular formula is C30H27F3N6O3S. The van der Waals surface area contributed by atoms with Gasteiger partial charge in [-0.25, -0.2) is 14.8 Å². The Morgan fingerprint density at radius 2 is 1.91 bits per heavy atom. The van der Waals surface area contributed by atoms with Gasteiger partial charge in [0.05, 0.1) is 28.8 Å². The van der Waals surface area contributed by atoms with Crippen LogP contribution in [0.15, 0.2) is 72.2 Å². The van der Waals surface area contributed by atoms with Crippen molar-refractivity contribution in [1.29, 1.82) is 0 Å². The number of benzene rings is 2. The highest BCUT2D eigenvalue weighted by Gasteiger charge is 2.33. The number of rotatable bonds is 6. The number of methoxy groups -OCH3 is 1. The van der Waals surface area contributed by atoms with Crippen molar-refractivity contribution in [3.05, 3.63) is 89.5 Å². The molecule has 0 radical (unpaired) electrons. The molecule has 43 heavy (non-hydrogen) atoms. The third kappa shape index (κ3) is 6.47. The fourth-order valence-electron chi connectivity index (χ4n) is 4.50. The molecule has 1 unspecified atom stereocenters. The molecule has 222 valence electrons. The summed E-state index contributed by atoms with van der Waals surface area (Å²) < 4.78 is 45.6. The van der Waals surface area contributed by atoms with E-state index in [1.165, 1.54) is 33.6 Å². The quantitative estimate of drug-likeness (QED) is 0.254. The number of carbonyl (C=O) groups is 2. The lowest BCUT2D eigenvalue weighted by Gasteiger charge is -2.23. The van der Waals surface area contributed by atoms with E-state index in [4.69, 9.17) is 4.74 Å². The van der Waals surface area contributed by atoms with Gasteiger partial charge in [0.2, 0.25) is 5.91 Å². The van der Waals surface area contributed by atoms with E-state index in [1.54, 1.807) is 25.4 Å². The lowest BCUT2D eigenvalue weighted by atomic mass is 10.0. The Balaban J connectivity index is 1.33. The number of amidine groups is 1. The zero-order chi connectivity index (χ0) is 30.9. The fourth-order valence-corrected chi connectivity index (χ4v) is 5.36. The average molecular weight is 609 g/mol. The van der Waals surface area contributed by atoms with Crippen molar-refractivity contribution < 1.29 is 27.5 Å². The lowest BCUT2D eigenvalue weighted by molar-refractivity contribution is -0.137. The molecule has 1 aliphatic heterocycles. The predicted octanol–water partition coefficient (Wildman–Crippen LogP) is 6.95. The van der Waals surface area contributed by atoms with Crippen LogP contribution in [0.1, 0.15) is 35.3 Å². The number of hydrogen-bond donors (Lipinski definition) is 1.